The van der Waals surface area contributed by atoms with Crippen LogP contribution in [0.1, 0.15) is 36.6 Å². The number of rotatable bonds is 4. The average Bonchev–Trinajstić information content (AvgIpc) is 2.42. The molecule has 2 aromatic carbocycles. The monoisotopic (exact) mass is 287 g/mol. The molecule has 0 radical (unpaired) electrons. The highest BCUT2D eigenvalue weighted by Gasteiger charge is 2.10. The highest BCUT2D eigenvalue weighted by Crippen LogP contribution is 2.29. The fourth-order valence-electron chi connectivity index (χ4n) is 2.39. The van der Waals surface area contributed by atoms with Gasteiger partial charge in [-0.15, -0.1) is 0 Å². The fraction of sp³-hybridized carbons (Fsp3) is 0.333. The van der Waals surface area contributed by atoms with E-state index in [1.165, 1.54) is 22.3 Å². The van der Waals surface area contributed by atoms with Crippen molar-refractivity contribution < 1.29 is 0 Å². The Bertz CT molecular complexity index is 604. The zero-order valence-corrected chi connectivity index (χ0v) is 13.4. The lowest BCUT2D eigenvalue weighted by molar-refractivity contribution is 0.598. The molecule has 0 saturated carbocycles. The van der Waals surface area contributed by atoms with E-state index in [0.29, 0.717) is 0 Å². The molecule has 1 atom stereocenters. The summed E-state index contributed by atoms with van der Waals surface area (Å²) in [5.74, 6) is 0. The zero-order chi connectivity index (χ0) is 14.7. The van der Waals surface area contributed by atoms with Gasteiger partial charge in [-0.3, -0.25) is 0 Å². The first-order chi connectivity index (χ1) is 9.52. The third-order valence-corrected chi connectivity index (χ3v) is 4.14. The largest absolute Gasteiger partial charge is 0.310 e. The molecule has 0 aromatic heterocycles. The van der Waals surface area contributed by atoms with E-state index in [4.69, 9.17) is 11.6 Å². The molecule has 2 aromatic rings. The van der Waals surface area contributed by atoms with Crippen LogP contribution in [0.3, 0.4) is 0 Å². The van der Waals surface area contributed by atoms with E-state index in [2.05, 4.69) is 69.4 Å². The summed E-state index contributed by atoms with van der Waals surface area (Å²) in [4.78, 5) is 0. The summed E-state index contributed by atoms with van der Waals surface area (Å²) < 4.78 is 0. The molecule has 0 spiro atoms. The van der Waals surface area contributed by atoms with Gasteiger partial charge in [0.15, 0.2) is 0 Å². The van der Waals surface area contributed by atoms with E-state index in [1.54, 1.807) is 0 Å². The predicted octanol–water partition coefficient (Wildman–Crippen LogP) is 5.29. The van der Waals surface area contributed by atoms with Gasteiger partial charge in [0.25, 0.3) is 0 Å². The summed E-state index contributed by atoms with van der Waals surface area (Å²) in [5.41, 5.74) is 6.17. The van der Waals surface area contributed by atoms with Crippen molar-refractivity contribution in [1.29, 1.82) is 0 Å². The van der Waals surface area contributed by atoms with Crippen LogP contribution in [0.5, 0.6) is 0 Å². The van der Waals surface area contributed by atoms with Crippen molar-refractivity contribution in [3.05, 3.63) is 58.1 Å². The van der Waals surface area contributed by atoms with Crippen LogP contribution in [0.4, 0.5) is 0 Å². The molecule has 1 N–H and O–H groups in total. The van der Waals surface area contributed by atoms with Crippen molar-refractivity contribution in [2.24, 2.45) is 0 Å². The Morgan fingerprint density at radius 2 is 1.65 bits per heavy atom. The van der Waals surface area contributed by atoms with Crippen LogP contribution in [-0.4, -0.2) is 6.54 Å². The number of benzene rings is 2. The maximum Gasteiger partial charge on any atom is 0.0459 e. The third kappa shape index (κ3) is 3.23. The van der Waals surface area contributed by atoms with Crippen molar-refractivity contribution >= 4 is 11.6 Å². The van der Waals surface area contributed by atoms with E-state index < -0.39 is 0 Å². The molecule has 0 aliphatic carbocycles. The Balaban J connectivity index is 2.35. The maximum atomic E-state index is 6.44. The first kappa shape index (κ1) is 15.1. The molecule has 0 fully saturated rings. The molecule has 0 amide bonds. The van der Waals surface area contributed by atoms with Crippen LogP contribution in [0.2, 0.25) is 5.02 Å². The van der Waals surface area contributed by atoms with E-state index >= 15 is 0 Å². The zero-order valence-electron chi connectivity index (χ0n) is 12.6. The van der Waals surface area contributed by atoms with Gasteiger partial charge >= 0.3 is 0 Å². The van der Waals surface area contributed by atoms with Crippen molar-refractivity contribution in [3.63, 3.8) is 0 Å². The second kappa shape index (κ2) is 6.43. The van der Waals surface area contributed by atoms with Crippen LogP contribution in [0.25, 0.3) is 11.1 Å². The first-order valence-electron chi connectivity index (χ1n) is 7.13. The summed E-state index contributed by atoms with van der Waals surface area (Å²) in [6, 6.07) is 13.2. The smallest absolute Gasteiger partial charge is 0.0459 e. The van der Waals surface area contributed by atoms with Crippen LogP contribution in [0.15, 0.2) is 36.4 Å². The topological polar surface area (TPSA) is 12.0 Å². The summed E-state index contributed by atoms with van der Waals surface area (Å²) in [7, 11) is 0. The van der Waals surface area contributed by atoms with Gasteiger partial charge in [0.1, 0.15) is 0 Å². The van der Waals surface area contributed by atoms with Crippen LogP contribution >= 0.6 is 11.6 Å². The summed E-state index contributed by atoms with van der Waals surface area (Å²) in [5, 5.41) is 4.22. The molecule has 0 saturated heterocycles. The first-order valence-corrected chi connectivity index (χ1v) is 7.51. The molecule has 0 heterocycles. The predicted molar refractivity (Wildman–Crippen MR) is 88.5 cm³/mol. The van der Waals surface area contributed by atoms with Gasteiger partial charge in [-0.2, -0.15) is 0 Å². The molecule has 1 nitrogen and oxygen atoms in total. The molecular weight excluding hydrogens is 266 g/mol. The second-order valence-electron chi connectivity index (χ2n) is 5.31. The standard InChI is InChI=1S/C18H22ClN/c1-5-20-14(4)17-9-8-16(11-18(17)19)15-7-6-12(2)13(3)10-15/h6-11,14,20H,5H2,1-4H3. The third-order valence-electron chi connectivity index (χ3n) is 3.82. The molecule has 2 rings (SSSR count). The minimum atomic E-state index is 0.279. The van der Waals surface area contributed by atoms with Gasteiger partial charge in [-0.25, -0.2) is 0 Å². The van der Waals surface area contributed by atoms with Crippen molar-refractivity contribution in [3.8, 4) is 11.1 Å². The van der Waals surface area contributed by atoms with Gasteiger partial charge in [-0.1, -0.05) is 48.9 Å². The number of halogens is 1. The molecule has 1 unspecified atom stereocenters. The minimum absolute atomic E-state index is 0.279. The number of aryl methyl sites for hydroxylation is 2. The van der Waals surface area contributed by atoms with Gasteiger partial charge in [0.2, 0.25) is 0 Å². The maximum absolute atomic E-state index is 6.44. The lowest BCUT2D eigenvalue weighted by Gasteiger charge is -2.15. The Kier molecular flexibility index (Phi) is 4.85. The molecule has 0 aliphatic heterocycles. The lowest BCUT2D eigenvalue weighted by Crippen LogP contribution is -2.17. The lowest BCUT2D eigenvalue weighted by atomic mass is 9.98. The van der Waals surface area contributed by atoms with Crippen LogP contribution in [-0.2, 0) is 0 Å². The van der Waals surface area contributed by atoms with Gasteiger partial charge in [0.05, 0.1) is 0 Å². The SMILES string of the molecule is CCNC(C)c1ccc(-c2ccc(C)c(C)c2)cc1Cl. The summed E-state index contributed by atoms with van der Waals surface area (Å²) >= 11 is 6.44. The van der Waals surface area contributed by atoms with Gasteiger partial charge in [-0.05, 0) is 61.2 Å². The molecule has 2 heteroatoms. The Hall–Kier alpha value is -1.31. The highest BCUT2D eigenvalue weighted by atomic mass is 35.5. The minimum Gasteiger partial charge on any atom is -0.310 e. The van der Waals surface area contributed by atoms with Crippen LogP contribution in [0, 0.1) is 13.8 Å². The molecule has 0 bridgehead atoms. The Morgan fingerprint density at radius 3 is 2.25 bits per heavy atom. The van der Waals surface area contributed by atoms with E-state index in [1.807, 2.05) is 0 Å². The molecular formula is C18H22ClN. The van der Waals surface area contributed by atoms with E-state index in [-0.39, 0.29) is 6.04 Å². The van der Waals surface area contributed by atoms with Crippen molar-refractivity contribution in [2.75, 3.05) is 6.54 Å². The Labute approximate surface area is 127 Å². The molecule has 0 aliphatic rings. The van der Waals surface area contributed by atoms with Crippen molar-refractivity contribution in [2.45, 2.75) is 33.7 Å². The van der Waals surface area contributed by atoms with Crippen molar-refractivity contribution in [1.82, 2.24) is 5.32 Å². The Morgan fingerprint density at radius 1 is 1.00 bits per heavy atom. The second-order valence-corrected chi connectivity index (χ2v) is 5.72. The number of hydrogen-bond acceptors (Lipinski definition) is 1. The number of hydrogen-bond donors (Lipinski definition) is 1. The van der Waals surface area contributed by atoms with Gasteiger partial charge < -0.3 is 5.32 Å². The summed E-state index contributed by atoms with van der Waals surface area (Å²) in [6.07, 6.45) is 0. The fourth-order valence-corrected chi connectivity index (χ4v) is 2.74. The average molecular weight is 288 g/mol. The number of nitrogens with one attached hydrogen (secondary N) is 1. The summed E-state index contributed by atoms with van der Waals surface area (Å²) in [6.45, 7) is 9.46. The van der Waals surface area contributed by atoms with E-state index in [9.17, 15) is 0 Å². The normalized spacial score (nSPS) is 12.4. The molecule has 106 valence electrons. The highest BCUT2D eigenvalue weighted by molar-refractivity contribution is 6.31. The van der Waals surface area contributed by atoms with Gasteiger partial charge in [0, 0.05) is 11.1 Å². The van der Waals surface area contributed by atoms with Crippen LogP contribution < -0.4 is 5.32 Å². The quantitative estimate of drug-likeness (QED) is 0.805. The van der Waals surface area contributed by atoms with E-state index in [0.717, 1.165) is 17.1 Å². The molecule has 20 heavy (non-hydrogen) atoms.